The molecule has 0 radical (unpaired) electrons. The molecule has 0 atom stereocenters. The zero-order valence-corrected chi connectivity index (χ0v) is 16.4. The van der Waals surface area contributed by atoms with E-state index in [1.165, 1.54) is 0 Å². The molecule has 0 amide bonds. The molecule has 4 rings (SSSR count). The van der Waals surface area contributed by atoms with Gasteiger partial charge in [-0.2, -0.15) is 15.0 Å². The fraction of sp³-hybridized carbons (Fsp3) is 0.158. The van der Waals surface area contributed by atoms with Crippen molar-refractivity contribution in [1.82, 2.24) is 19.9 Å². The highest BCUT2D eigenvalue weighted by molar-refractivity contribution is 6.31. The van der Waals surface area contributed by atoms with Crippen LogP contribution in [-0.4, -0.2) is 40.1 Å². The Morgan fingerprint density at radius 2 is 1.62 bits per heavy atom. The SMILES string of the molecule is COc1ccc2nc3cc(Cl)ccc3c(NCCNc3nc(N)nc(N)n3)c2c1. The second-order valence-corrected chi connectivity index (χ2v) is 6.70. The van der Waals surface area contributed by atoms with Crippen molar-refractivity contribution in [2.45, 2.75) is 0 Å². The molecule has 0 fully saturated rings. The molecule has 0 bridgehead atoms. The van der Waals surface area contributed by atoms with Crippen LogP contribution in [0.25, 0.3) is 21.8 Å². The van der Waals surface area contributed by atoms with Crippen LogP contribution in [0.3, 0.4) is 0 Å². The van der Waals surface area contributed by atoms with Crippen molar-refractivity contribution in [2.75, 3.05) is 42.3 Å². The Hall–Kier alpha value is -3.59. The molecule has 0 aliphatic heterocycles. The average Bonchev–Trinajstić information content (AvgIpc) is 2.69. The van der Waals surface area contributed by atoms with Crippen LogP contribution in [0.15, 0.2) is 36.4 Å². The number of methoxy groups -OCH3 is 1. The summed E-state index contributed by atoms with van der Waals surface area (Å²) >= 11 is 6.16. The van der Waals surface area contributed by atoms with Crippen molar-refractivity contribution in [3.63, 3.8) is 0 Å². The van der Waals surface area contributed by atoms with Gasteiger partial charge in [0.15, 0.2) is 0 Å². The van der Waals surface area contributed by atoms with E-state index >= 15 is 0 Å². The van der Waals surface area contributed by atoms with E-state index in [1.54, 1.807) is 7.11 Å². The van der Waals surface area contributed by atoms with Gasteiger partial charge in [0.05, 0.1) is 23.8 Å². The zero-order valence-electron chi connectivity index (χ0n) is 15.6. The Kier molecular flexibility index (Phi) is 5.05. The molecule has 29 heavy (non-hydrogen) atoms. The minimum absolute atomic E-state index is 0.0723. The van der Waals surface area contributed by atoms with Gasteiger partial charge >= 0.3 is 0 Å². The van der Waals surface area contributed by atoms with Gasteiger partial charge in [-0.1, -0.05) is 11.6 Å². The van der Waals surface area contributed by atoms with E-state index in [2.05, 4.69) is 25.6 Å². The van der Waals surface area contributed by atoms with Crippen LogP contribution in [0, 0.1) is 0 Å². The fourth-order valence-electron chi connectivity index (χ4n) is 3.06. The number of pyridine rings is 1. The Balaban J connectivity index is 1.63. The van der Waals surface area contributed by atoms with Crippen molar-refractivity contribution in [3.8, 4) is 5.75 Å². The van der Waals surface area contributed by atoms with Gasteiger partial charge in [-0.3, -0.25) is 0 Å². The van der Waals surface area contributed by atoms with Crippen molar-refractivity contribution in [1.29, 1.82) is 0 Å². The van der Waals surface area contributed by atoms with Crippen LogP contribution in [0.4, 0.5) is 23.5 Å². The molecule has 0 unspecified atom stereocenters. The number of nitrogens with zero attached hydrogens (tertiary/aromatic N) is 4. The third-order valence-electron chi connectivity index (χ3n) is 4.32. The summed E-state index contributed by atoms with van der Waals surface area (Å²) in [6.45, 7) is 1.12. The zero-order chi connectivity index (χ0) is 20.4. The highest BCUT2D eigenvalue weighted by Crippen LogP contribution is 2.34. The number of benzene rings is 2. The second kappa shape index (κ2) is 7.80. The summed E-state index contributed by atoms with van der Waals surface area (Å²) in [5.74, 6) is 1.23. The Labute approximate surface area is 171 Å². The molecule has 0 spiro atoms. The van der Waals surface area contributed by atoms with E-state index < -0.39 is 0 Å². The lowest BCUT2D eigenvalue weighted by molar-refractivity contribution is 0.415. The maximum Gasteiger partial charge on any atom is 0.229 e. The number of nitrogen functional groups attached to an aromatic ring is 2. The van der Waals surface area contributed by atoms with Gasteiger partial charge in [0.2, 0.25) is 17.8 Å². The van der Waals surface area contributed by atoms with E-state index in [-0.39, 0.29) is 11.9 Å². The van der Waals surface area contributed by atoms with Gasteiger partial charge in [-0.25, -0.2) is 4.98 Å². The second-order valence-electron chi connectivity index (χ2n) is 6.26. The minimum Gasteiger partial charge on any atom is -0.497 e. The van der Waals surface area contributed by atoms with E-state index in [4.69, 9.17) is 32.8 Å². The summed E-state index contributed by atoms with van der Waals surface area (Å²) < 4.78 is 5.38. The lowest BCUT2D eigenvalue weighted by Crippen LogP contribution is -2.17. The minimum atomic E-state index is 0.0723. The molecule has 0 aliphatic carbocycles. The first-order chi connectivity index (χ1) is 14.0. The summed E-state index contributed by atoms with van der Waals surface area (Å²) in [4.78, 5) is 16.5. The van der Waals surface area contributed by atoms with Crippen LogP contribution in [0.2, 0.25) is 5.02 Å². The number of halogens is 1. The van der Waals surface area contributed by atoms with Crippen molar-refractivity contribution in [2.24, 2.45) is 0 Å². The number of aromatic nitrogens is 4. The predicted octanol–water partition coefficient (Wildman–Crippen LogP) is 2.92. The summed E-state index contributed by atoms with van der Waals surface area (Å²) in [6, 6.07) is 11.4. The normalized spacial score (nSPS) is 11.0. The summed E-state index contributed by atoms with van der Waals surface area (Å²) in [6.07, 6.45) is 0. The molecular formula is C19H19ClN8O. The van der Waals surface area contributed by atoms with Crippen molar-refractivity contribution in [3.05, 3.63) is 41.4 Å². The number of fused-ring (bicyclic) bond motifs is 2. The first-order valence-electron chi connectivity index (χ1n) is 8.85. The van der Waals surface area contributed by atoms with Crippen LogP contribution in [0.5, 0.6) is 5.75 Å². The molecule has 2 aromatic carbocycles. The summed E-state index contributed by atoms with van der Waals surface area (Å²) in [5.41, 5.74) is 13.8. The number of nitrogens with one attached hydrogen (secondary N) is 2. The highest BCUT2D eigenvalue weighted by atomic mass is 35.5. The molecule has 6 N–H and O–H groups in total. The smallest absolute Gasteiger partial charge is 0.229 e. The van der Waals surface area contributed by atoms with Gasteiger partial charge in [0, 0.05) is 28.9 Å². The quantitative estimate of drug-likeness (QED) is 0.279. The Bertz CT molecular complexity index is 1180. The van der Waals surface area contributed by atoms with Gasteiger partial charge in [-0.05, 0) is 36.4 Å². The van der Waals surface area contributed by atoms with Crippen molar-refractivity contribution < 1.29 is 4.74 Å². The number of ether oxygens (including phenoxy) is 1. The number of rotatable bonds is 6. The lowest BCUT2D eigenvalue weighted by atomic mass is 10.1. The number of anilines is 4. The van der Waals surface area contributed by atoms with Crippen LogP contribution < -0.4 is 26.8 Å². The number of nitrogens with two attached hydrogens (primary N) is 2. The Morgan fingerprint density at radius 3 is 2.38 bits per heavy atom. The third kappa shape index (κ3) is 3.99. The molecule has 0 saturated heterocycles. The fourth-order valence-corrected chi connectivity index (χ4v) is 3.23. The predicted molar refractivity (Wildman–Crippen MR) is 116 cm³/mol. The largest absolute Gasteiger partial charge is 0.497 e. The van der Waals surface area contributed by atoms with Crippen LogP contribution in [-0.2, 0) is 0 Å². The third-order valence-corrected chi connectivity index (χ3v) is 4.56. The number of hydrogen-bond acceptors (Lipinski definition) is 9. The molecule has 9 nitrogen and oxygen atoms in total. The van der Waals surface area contributed by atoms with E-state index in [0.29, 0.717) is 24.1 Å². The maximum atomic E-state index is 6.16. The average molecular weight is 411 g/mol. The van der Waals surface area contributed by atoms with Crippen LogP contribution in [0.1, 0.15) is 0 Å². The first kappa shape index (κ1) is 18.8. The molecule has 148 valence electrons. The van der Waals surface area contributed by atoms with Gasteiger partial charge in [0.25, 0.3) is 0 Å². The monoisotopic (exact) mass is 410 g/mol. The molecule has 10 heteroatoms. The summed E-state index contributed by atoms with van der Waals surface area (Å²) in [5, 5.41) is 9.09. The van der Waals surface area contributed by atoms with E-state index in [1.807, 2.05) is 36.4 Å². The lowest BCUT2D eigenvalue weighted by Gasteiger charge is -2.14. The van der Waals surface area contributed by atoms with Gasteiger partial charge < -0.3 is 26.8 Å². The van der Waals surface area contributed by atoms with Crippen LogP contribution >= 0.6 is 11.6 Å². The van der Waals surface area contributed by atoms with E-state index in [9.17, 15) is 0 Å². The standard InChI is InChI=1S/C19H19ClN8O/c1-29-11-3-5-14-13(9-11)16(12-4-2-10(20)8-15(12)25-14)23-6-7-24-19-27-17(21)26-18(22)28-19/h2-5,8-9H,6-7H2,1H3,(H,23,25)(H5,21,22,24,26,27,28). The number of hydrogen-bond donors (Lipinski definition) is 4. The van der Waals surface area contributed by atoms with E-state index in [0.717, 1.165) is 33.2 Å². The summed E-state index contributed by atoms with van der Waals surface area (Å²) in [7, 11) is 1.64. The first-order valence-corrected chi connectivity index (χ1v) is 9.23. The molecule has 2 heterocycles. The van der Waals surface area contributed by atoms with Gasteiger partial charge in [-0.15, -0.1) is 0 Å². The van der Waals surface area contributed by atoms with Crippen molar-refractivity contribution >= 4 is 56.9 Å². The molecular weight excluding hydrogens is 392 g/mol. The Morgan fingerprint density at radius 1 is 0.862 bits per heavy atom. The molecule has 2 aromatic heterocycles. The highest BCUT2D eigenvalue weighted by Gasteiger charge is 2.11. The molecule has 0 aliphatic rings. The molecule has 0 saturated carbocycles. The maximum absolute atomic E-state index is 6.16. The van der Waals surface area contributed by atoms with Gasteiger partial charge in [0.1, 0.15) is 5.75 Å². The molecule has 4 aromatic rings. The topological polar surface area (TPSA) is 137 Å².